The van der Waals surface area contributed by atoms with Gasteiger partial charge in [0.05, 0.1) is 11.4 Å². The van der Waals surface area contributed by atoms with Crippen LogP contribution in [0.4, 0.5) is 10.2 Å². The number of aryl methyl sites for hydroxylation is 1. The number of pyridine rings is 1. The quantitative estimate of drug-likeness (QED) is 0.115. The highest BCUT2D eigenvalue weighted by molar-refractivity contribution is 6.76. The molecule has 0 aliphatic heterocycles. The number of amides is 1. The van der Waals surface area contributed by atoms with Crippen LogP contribution < -0.4 is 11.1 Å². The summed E-state index contributed by atoms with van der Waals surface area (Å²) in [6.07, 6.45) is 12.3. The third-order valence-corrected chi connectivity index (χ3v) is 10.5. The molecule has 42 heavy (non-hydrogen) atoms. The van der Waals surface area contributed by atoms with Crippen LogP contribution in [0, 0.1) is 24.7 Å². The molecule has 7 nitrogen and oxygen atoms in total. The number of anilines is 1. The molecule has 1 amide bonds. The molecular formula is C32H51ClFN5O2Si. The van der Waals surface area contributed by atoms with Crippen LogP contribution in [0.2, 0.25) is 25.7 Å². The smallest absolute Gasteiger partial charge is 0.272 e. The number of allylic oxidation sites excluding steroid dienone is 1. The fourth-order valence-corrected chi connectivity index (χ4v) is 7.34. The zero-order chi connectivity index (χ0) is 29.6. The standard InChI is InChI=1S/C32H50FN5O2Si.ClH/c1-6-26-28(22(2)37-38(26)21-40-19-20-41(3,4)5)25-17-18-27(35-31(25)33)36-32(39)30(34)29(23-13-9-7-10-14-23)24-15-11-8-12-16-24;/h17-18,23-24H,6-16,19-21,34H2,1-5H3,(H,35,36,39);1H. The average molecular weight is 620 g/mol. The number of aromatic nitrogens is 3. The Bertz CT molecular complexity index is 1210. The van der Waals surface area contributed by atoms with Crippen LogP contribution in [0.1, 0.15) is 82.5 Å². The molecule has 2 saturated carbocycles. The van der Waals surface area contributed by atoms with E-state index in [-0.39, 0.29) is 24.1 Å². The van der Waals surface area contributed by atoms with E-state index in [2.05, 4.69) is 35.0 Å². The first kappa shape index (κ1) is 34.3. The fourth-order valence-electron chi connectivity index (χ4n) is 6.58. The lowest BCUT2D eigenvalue weighted by Crippen LogP contribution is -2.29. The third kappa shape index (κ3) is 8.66. The number of ether oxygens (including phenoxy) is 1. The van der Waals surface area contributed by atoms with E-state index in [9.17, 15) is 4.79 Å². The van der Waals surface area contributed by atoms with Crippen molar-refractivity contribution >= 4 is 32.2 Å². The van der Waals surface area contributed by atoms with E-state index in [4.69, 9.17) is 10.5 Å². The molecule has 2 aliphatic carbocycles. The van der Waals surface area contributed by atoms with Crippen molar-refractivity contribution in [3.63, 3.8) is 0 Å². The van der Waals surface area contributed by atoms with Gasteiger partial charge in [-0.3, -0.25) is 4.79 Å². The summed E-state index contributed by atoms with van der Waals surface area (Å²) in [4.78, 5) is 17.5. The first-order chi connectivity index (χ1) is 19.6. The number of carbonyl (C=O) groups is 1. The predicted molar refractivity (Wildman–Crippen MR) is 174 cm³/mol. The van der Waals surface area contributed by atoms with Crippen molar-refractivity contribution in [2.75, 3.05) is 11.9 Å². The maximum Gasteiger partial charge on any atom is 0.272 e. The maximum atomic E-state index is 15.5. The highest BCUT2D eigenvalue weighted by atomic mass is 35.5. The van der Waals surface area contributed by atoms with Gasteiger partial charge >= 0.3 is 0 Å². The molecule has 0 atom stereocenters. The molecular weight excluding hydrogens is 569 g/mol. The Morgan fingerprint density at radius 2 is 1.67 bits per heavy atom. The van der Waals surface area contributed by atoms with E-state index in [0.29, 0.717) is 42.9 Å². The van der Waals surface area contributed by atoms with Gasteiger partial charge in [0.1, 0.15) is 12.5 Å². The number of nitrogens with zero attached hydrogens (tertiary/aromatic N) is 3. The van der Waals surface area contributed by atoms with Gasteiger partial charge < -0.3 is 15.8 Å². The van der Waals surface area contributed by atoms with Gasteiger partial charge in [0.15, 0.2) is 0 Å². The molecule has 10 heteroatoms. The lowest BCUT2D eigenvalue weighted by Gasteiger charge is -2.33. The predicted octanol–water partition coefficient (Wildman–Crippen LogP) is 8.00. The Labute approximate surface area is 258 Å². The summed E-state index contributed by atoms with van der Waals surface area (Å²) in [6, 6.07) is 4.42. The molecule has 0 radical (unpaired) electrons. The summed E-state index contributed by atoms with van der Waals surface area (Å²) in [5, 5.41) is 7.46. The van der Waals surface area contributed by atoms with Gasteiger partial charge in [-0.05, 0) is 74.6 Å². The van der Waals surface area contributed by atoms with Crippen LogP contribution in [-0.4, -0.2) is 35.4 Å². The number of hydrogen-bond donors (Lipinski definition) is 2. The molecule has 2 fully saturated rings. The summed E-state index contributed by atoms with van der Waals surface area (Å²) in [7, 11) is -1.19. The molecule has 4 rings (SSSR count). The summed E-state index contributed by atoms with van der Waals surface area (Å²) in [5.74, 6) is -0.0948. The second-order valence-corrected chi connectivity index (χ2v) is 18.8. The van der Waals surface area contributed by atoms with Crippen LogP contribution in [0.5, 0.6) is 0 Å². The Hall–Kier alpha value is -2.23. The van der Waals surface area contributed by atoms with Crippen LogP contribution in [0.15, 0.2) is 23.4 Å². The summed E-state index contributed by atoms with van der Waals surface area (Å²) < 4.78 is 23.3. The summed E-state index contributed by atoms with van der Waals surface area (Å²) in [5.41, 5.74) is 10.8. The molecule has 0 bridgehead atoms. The highest BCUT2D eigenvalue weighted by Crippen LogP contribution is 2.40. The molecule has 2 heterocycles. The van der Waals surface area contributed by atoms with E-state index >= 15 is 4.39 Å². The van der Waals surface area contributed by atoms with Gasteiger partial charge in [0.2, 0.25) is 5.95 Å². The molecule has 0 saturated heterocycles. The van der Waals surface area contributed by atoms with Crippen molar-refractivity contribution in [3.05, 3.63) is 40.7 Å². The Morgan fingerprint density at radius 3 is 2.19 bits per heavy atom. The SMILES string of the molecule is CCc1c(-c2ccc(NC(=O)C(N)=C(C3CCCCC3)C3CCCCC3)nc2F)c(C)nn1COCC[Si](C)(C)C.Cl. The molecule has 2 aromatic rings. The van der Waals surface area contributed by atoms with Crippen molar-refractivity contribution in [2.45, 2.75) is 117 Å². The first-order valence-corrected chi connectivity index (χ1v) is 19.4. The minimum atomic E-state index is -1.19. The van der Waals surface area contributed by atoms with Gasteiger partial charge in [0.25, 0.3) is 5.91 Å². The van der Waals surface area contributed by atoms with Crippen LogP contribution >= 0.6 is 12.4 Å². The number of carbonyl (C=O) groups excluding carboxylic acids is 1. The van der Waals surface area contributed by atoms with Gasteiger partial charge in [-0.25, -0.2) is 9.67 Å². The Morgan fingerprint density at radius 1 is 1.07 bits per heavy atom. The van der Waals surface area contributed by atoms with E-state index in [1.54, 1.807) is 12.1 Å². The normalized spacial score (nSPS) is 16.6. The monoisotopic (exact) mass is 619 g/mol. The second-order valence-electron chi connectivity index (χ2n) is 13.1. The third-order valence-electron chi connectivity index (χ3n) is 8.78. The van der Waals surface area contributed by atoms with Crippen molar-refractivity contribution in [1.82, 2.24) is 14.8 Å². The second kappa shape index (κ2) is 15.5. The van der Waals surface area contributed by atoms with Gasteiger partial charge in [-0.15, -0.1) is 12.4 Å². The lowest BCUT2D eigenvalue weighted by atomic mass is 9.73. The number of nitrogens with two attached hydrogens (primary N) is 1. The zero-order valence-corrected chi connectivity index (χ0v) is 28.0. The van der Waals surface area contributed by atoms with Gasteiger partial charge in [-0.1, -0.05) is 65.1 Å². The Balaban J connectivity index is 0.00000484. The van der Waals surface area contributed by atoms with Crippen LogP contribution in [0.3, 0.4) is 0 Å². The molecule has 3 N–H and O–H groups in total. The number of nitrogens with one attached hydrogen (secondary N) is 1. The topological polar surface area (TPSA) is 95.1 Å². The number of rotatable bonds is 11. The Kier molecular flexibility index (Phi) is 12.6. The molecule has 0 spiro atoms. The van der Waals surface area contributed by atoms with Crippen molar-refractivity contribution in [3.8, 4) is 11.1 Å². The fraction of sp³-hybridized carbons (Fsp3) is 0.656. The summed E-state index contributed by atoms with van der Waals surface area (Å²) >= 11 is 0. The van der Waals surface area contributed by atoms with E-state index < -0.39 is 14.0 Å². The number of hydrogen-bond acceptors (Lipinski definition) is 5. The van der Waals surface area contributed by atoms with Crippen LogP contribution in [0.25, 0.3) is 11.1 Å². The summed E-state index contributed by atoms with van der Waals surface area (Å²) in [6.45, 7) is 11.9. The number of halogens is 2. The molecule has 234 valence electrons. The largest absolute Gasteiger partial charge is 0.394 e. The van der Waals surface area contributed by atoms with Crippen LogP contribution in [-0.2, 0) is 22.7 Å². The molecule has 0 unspecified atom stereocenters. The van der Waals surface area contributed by atoms with Gasteiger partial charge in [-0.2, -0.15) is 9.49 Å². The molecule has 0 aromatic carbocycles. The van der Waals surface area contributed by atoms with E-state index in [0.717, 1.165) is 54.3 Å². The maximum absolute atomic E-state index is 15.5. The van der Waals surface area contributed by atoms with E-state index in [1.165, 1.54) is 38.5 Å². The minimum absolute atomic E-state index is 0. The zero-order valence-electron chi connectivity index (χ0n) is 26.2. The average Bonchev–Trinajstić information content (AvgIpc) is 3.26. The van der Waals surface area contributed by atoms with Gasteiger partial charge in [0, 0.05) is 31.5 Å². The molecule has 2 aromatic heterocycles. The molecule has 2 aliphatic rings. The highest BCUT2D eigenvalue weighted by Gasteiger charge is 2.30. The van der Waals surface area contributed by atoms with E-state index in [1.807, 2.05) is 18.5 Å². The first-order valence-electron chi connectivity index (χ1n) is 15.7. The van der Waals surface area contributed by atoms with Crippen molar-refractivity contribution in [1.29, 1.82) is 0 Å². The minimum Gasteiger partial charge on any atom is -0.394 e. The van der Waals surface area contributed by atoms with Crippen molar-refractivity contribution < 1.29 is 13.9 Å². The lowest BCUT2D eigenvalue weighted by molar-refractivity contribution is -0.113. The van der Waals surface area contributed by atoms with Crippen molar-refractivity contribution in [2.24, 2.45) is 17.6 Å².